The molecule has 4 aliphatic rings. The summed E-state index contributed by atoms with van der Waals surface area (Å²) >= 11 is 0. The highest BCUT2D eigenvalue weighted by atomic mass is 19.1. The minimum atomic E-state index is -0.660. The molecule has 4 bridgehead atoms. The molecule has 0 saturated heterocycles. The fourth-order valence-electron chi connectivity index (χ4n) is 5.79. The van der Waals surface area contributed by atoms with Crippen molar-refractivity contribution >= 4 is 11.6 Å². The molecule has 1 aromatic carbocycles. The predicted octanol–water partition coefficient (Wildman–Crippen LogP) is 5.17. The molecule has 2 saturated carbocycles. The van der Waals surface area contributed by atoms with Crippen LogP contribution in [-0.2, 0) is 4.79 Å². The first-order valence-corrected chi connectivity index (χ1v) is 10.5. The van der Waals surface area contributed by atoms with Gasteiger partial charge < -0.3 is 5.32 Å². The summed E-state index contributed by atoms with van der Waals surface area (Å²) in [5, 5.41) is 12.0. The summed E-state index contributed by atoms with van der Waals surface area (Å²) in [6.07, 6.45) is 8.63. The van der Waals surface area contributed by atoms with Crippen LogP contribution in [0.2, 0.25) is 0 Å². The molecule has 2 unspecified atom stereocenters. The lowest BCUT2D eigenvalue weighted by Crippen LogP contribution is -2.54. The molecule has 1 aromatic rings. The molecule has 2 fully saturated rings. The number of amides is 1. The number of benzene rings is 1. The van der Waals surface area contributed by atoms with Crippen LogP contribution in [0, 0.1) is 28.4 Å². The third-order valence-corrected chi connectivity index (χ3v) is 7.90. The van der Waals surface area contributed by atoms with E-state index in [2.05, 4.69) is 22.5 Å². The van der Waals surface area contributed by atoms with Crippen LogP contribution >= 0.6 is 0 Å². The molecule has 3 aliphatic carbocycles. The zero-order valence-electron chi connectivity index (χ0n) is 16.7. The molecule has 1 amide bonds. The van der Waals surface area contributed by atoms with Gasteiger partial charge in [-0.25, -0.2) is 8.78 Å². The number of carbonyl (C=O) groups excluding carboxylic acids is 1. The van der Waals surface area contributed by atoms with E-state index in [0.717, 1.165) is 37.7 Å². The van der Waals surface area contributed by atoms with Gasteiger partial charge in [0.15, 0.2) is 0 Å². The Hall–Kier alpha value is -2.37. The second-order valence-electron chi connectivity index (χ2n) is 9.11. The van der Waals surface area contributed by atoms with Crippen LogP contribution in [0.15, 0.2) is 46.2 Å². The predicted molar refractivity (Wildman–Crippen MR) is 106 cm³/mol. The maximum Gasteiger partial charge on any atom is 0.230 e. The van der Waals surface area contributed by atoms with Crippen LogP contribution < -0.4 is 5.32 Å². The zero-order valence-corrected chi connectivity index (χ0v) is 16.7. The summed E-state index contributed by atoms with van der Waals surface area (Å²) in [7, 11) is 0. The van der Waals surface area contributed by atoms with Gasteiger partial charge in [0.25, 0.3) is 0 Å². The maximum atomic E-state index is 14.4. The van der Waals surface area contributed by atoms with Gasteiger partial charge in [-0.2, -0.15) is 10.2 Å². The van der Waals surface area contributed by atoms with Crippen molar-refractivity contribution in [3.05, 3.63) is 53.1 Å². The topological polar surface area (TPSA) is 53.8 Å². The summed E-state index contributed by atoms with van der Waals surface area (Å²) < 4.78 is 28.8. The van der Waals surface area contributed by atoms with Gasteiger partial charge in [0.1, 0.15) is 11.6 Å². The molecule has 5 rings (SSSR count). The van der Waals surface area contributed by atoms with E-state index in [1.165, 1.54) is 18.2 Å². The van der Waals surface area contributed by atoms with Gasteiger partial charge in [-0.3, -0.25) is 4.79 Å². The molecule has 1 heterocycles. The van der Waals surface area contributed by atoms with Crippen molar-refractivity contribution in [2.75, 3.05) is 0 Å². The quantitative estimate of drug-likeness (QED) is 0.751. The van der Waals surface area contributed by atoms with E-state index in [0.29, 0.717) is 0 Å². The van der Waals surface area contributed by atoms with Gasteiger partial charge in [-0.1, -0.05) is 19.1 Å². The summed E-state index contributed by atoms with van der Waals surface area (Å²) in [5.41, 5.74) is -0.0758. The van der Waals surface area contributed by atoms with E-state index in [1.54, 1.807) is 6.08 Å². The maximum absolute atomic E-state index is 14.4. The monoisotopic (exact) mass is 397 g/mol. The van der Waals surface area contributed by atoms with E-state index in [-0.39, 0.29) is 35.2 Å². The van der Waals surface area contributed by atoms with Crippen molar-refractivity contribution in [1.29, 1.82) is 0 Å². The Morgan fingerprint density at radius 3 is 2.59 bits per heavy atom. The van der Waals surface area contributed by atoms with E-state index >= 15 is 0 Å². The lowest BCUT2D eigenvalue weighted by atomic mass is 9.63. The normalized spacial score (nSPS) is 38.3. The highest BCUT2D eigenvalue weighted by Crippen LogP contribution is 2.67. The number of halogens is 2. The Kier molecular flexibility index (Phi) is 4.06. The minimum absolute atomic E-state index is 0.0678. The highest BCUT2D eigenvalue weighted by Gasteiger charge is 2.67. The Balaban J connectivity index is 1.62. The van der Waals surface area contributed by atoms with Crippen LogP contribution in [0.25, 0.3) is 5.70 Å². The zero-order chi connectivity index (χ0) is 20.4. The van der Waals surface area contributed by atoms with Gasteiger partial charge in [0, 0.05) is 11.5 Å². The molecule has 0 spiro atoms. The van der Waals surface area contributed by atoms with Crippen molar-refractivity contribution in [1.82, 2.24) is 5.32 Å². The third kappa shape index (κ3) is 2.44. The Morgan fingerprint density at radius 1 is 1.21 bits per heavy atom. The van der Waals surface area contributed by atoms with Crippen molar-refractivity contribution in [3.63, 3.8) is 0 Å². The summed E-state index contributed by atoms with van der Waals surface area (Å²) in [6.45, 7) is 4.09. The molecule has 0 aromatic heterocycles. The highest BCUT2D eigenvalue weighted by molar-refractivity contribution is 5.89. The van der Waals surface area contributed by atoms with Gasteiger partial charge in [-0.05, 0) is 68.7 Å². The van der Waals surface area contributed by atoms with Crippen LogP contribution in [0.4, 0.5) is 8.78 Å². The van der Waals surface area contributed by atoms with Gasteiger partial charge >= 0.3 is 0 Å². The Bertz CT molecular complexity index is 960. The first-order valence-electron chi connectivity index (χ1n) is 10.5. The molecular weight excluding hydrogens is 372 g/mol. The molecule has 6 heteroatoms. The molecule has 152 valence electrons. The van der Waals surface area contributed by atoms with Crippen molar-refractivity contribution in [2.45, 2.75) is 58.0 Å². The van der Waals surface area contributed by atoms with E-state index in [1.807, 2.05) is 13.0 Å². The minimum Gasteiger partial charge on any atom is -0.353 e. The van der Waals surface area contributed by atoms with E-state index in [9.17, 15) is 13.6 Å². The van der Waals surface area contributed by atoms with E-state index < -0.39 is 22.5 Å². The number of nitrogens with zero attached hydrogens (tertiary/aromatic N) is 2. The molecule has 29 heavy (non-hydrogen) atoms. The number of hydrogen-bond donors (Lipinski definition) is 1. The average molecular weight is 397 g/mol. The third-order valence-electron chi connectivity index (χ3n) is 7.90. The number of carbonyl (C=O) groups is 1. The molecular formula is C23H25F2N3O. The number of nitrogens with one attached hydrogen (secondary N) is 1. The summed E-state index contributed by atoms with van der Waals surface area (Å²) in [5.74, 6) is -1.13. The smallest absolute Gasteiger partial charge is 0.230 e. The fourth-order valence-corrected chi connectivity index (χ4v) is 5.79. The van der Waals surface area contributed by atoms with Crippen LogP contribution in [0.5, 0.6) is 0 Å². The van der Waals surface area contributed by atoms with Crippen molar-refractivity contribution in [3.8, 4) is 0 Å². The first-order chi connectivity index (χ1) is 13.9. The molecule has 1 N–H and O–H groups in total. The molecule has 1 aliphatic heterocycles. The van der Waals surface area contributed by atoms with Gasteiger partial charge in [0.05, 0.1) is 22.7 Å². The Labute approximate surface area is 169 Å². The molecule has 4 nitrogen and oxygen atoms in total. The summed E-state index contributed by atoms with van der Waals surface area (Å²) in [6, 6.07) is 3.80. The van der Waals surface area contributed by atoms with E-state index in [4.69, 9.17) is 0 Å². The second kappa shape index (κ2) is 6.31. The lowest BCUT2D eigenvalue weighted by Gasteiger charge is -2.43. The van der Waals surface area contributed by atoms with Crippen molar-refractivity contribution < 1.29 is 13.6 Å². The number of allylic oxidation sites excluding steroid dienone is 2. The van der Waals surface area contributed by atoms with Gasteiger partial charge in [-0.15, -0.1) is 0 Å². The standard InChI is InChI=1S/C23H25F2N3O/c1-13-22(2)16-9-10-23(22,21(29)26-15-5-3-6-15)12-14(16)11-19(28-27-13)20-17(24)7-4-8-18(20)25/h4,7-8,11-13,15-16H,3,5-6,9-10H2,1-2H3,(H,26,29)/b19-11-,28-27-/t13?,16-,22?,23+/m1/s1. The Morgan fingerprint density at radius 2 is 1.93 bits per heavy atom. The van der Waals surface area contributed by atoms with Crippen LogP contribution in [0.3, 0.4) is 0 Å². The summed E-state index contributed by atoms with van der Waals surface area (Å²) in [4.78, 5) is 13.4. The average Bonchev–Trinajstić information content (AvgIpc) is 3.09. The van der Waals surface area contributed by atoms with Crippen LogP contribution in [0.1, 0.15) is 51.5 Å². The van der Waals surface area contributed by atoms with Crippen LogP contribution in [-0.4, -0.2) is 18.0 Å². The number of azo groups is 1. The first kappa shape index (κ1) is 18.6. The second-order valence-corrected chi connectivity index (χ2v) is 9.11. The number of rotatable bonds is 3. The number of hydrogen-bond acceptors (Lipinski definition) is 3. The largest absolute Gasteiger partial charge is 0.353 e. The molecule has 0 radical (unpaired) electrons. The van der Waals surface area contributed by atoms with Crippen molar-refractivity contribution in [2.24, 2.45) is 27.0 Å². The SMILES string of the molecule is CC1/N=N\C(c2c(F)cccc2F)=C/C2=C[C@]3(C(=O)NC4CCC4)CC[C@H]2C13C. The fraction of sp³-hybridized carbons (Fsp3) is 0.522. The molecule has 4 atom stereocenters. The van der Waals surface area contributed by atoms with Gasteiger partial charge in [0.2, 0.25) is 5.91 Å². The lowest BCUT2D eigenvalue weighted by molar-refractivity contribution is -0.135.